The van der Waals surface area contributed by atoms with E-state index in [4.69, 9.17) is 45.0 Å². The maximum atomic E-state index is 8.33. The van der Waals surface area contributed by atoms with Gasteiger partial charge in [0.05, 0.1) is 0 Å². The monoisotopic (exact) mass is 234 g/mol. The standard InChI is InChI=1S/3CH2O3.2Al/c3*2-1(3)4;;/h3*(H2,2,3,4);;/p-6. The first kappa shape index (κ1) is 29.3. The zero-order chi connectivity index (χ0) is 10.7. The van der Waals surface area contributed by atoms with Crippen molar-refractivity contribution in [3.05, 3.63) is 0 Å². The summed E-state index contributed by atoms with van der Waals surface area (Å²) < 4.78 is 0. The van der Waals surface area contributed by atoms with Crippen molar-refractivity contribution in [2.24, 2.45) is 0 Å². The van der Waals surface area contributed by atoms with Crippen LogP contribution in [0.1, 0.15) is 0 Å². The Kier molecular flexibility index (Phi) is 47.4. The molecule has 0 aromatic heterocycles. The van der Waals surface area contributed by atoms with Gasteiger partial charge in [-0.2, -0.15) is 0 Å². The summed E-state index contributed by atoms with van der Waals surface area (Å²) in [6, 6.07) is 0. The molecule has 6 radical (unpaired) electrons. The fraction of sp³-hybridized carbons (Fsp3) is 0. The first-order valence-electron chi connectivity index (χ1n) is 1.84. The molecule has 0 N–H and O–H groups in total. The van der Waals surface area contributed by atoms with Gasteiger partial charge in [0.1, 0.15) is 0 Å². The minimum Gasteiger partial charge on any atom is -0.652 e. The zero-order valence-corrected chi connectivity index (χ0v) is 8.64. The van der Waals surface area contributed by atoms with E-state index in [0.717, 1.165) is 0 Å². The third-order valence-electron chi connectivity index (χ3n) is 0. The molecule has 0 saturated carbocycles. The van der Waals surface area contributed by atoms with E-state index in [0.29, 0.717) is 0 Å². The second kappa shape index (κ2) is 22.6. The largest absolute Gasteiger partial charge is 0.652 e. The fourth-order valence-corrected chi connectivity index (χ4v) is 0. The maximum Gasteiger partial charge on any atom is 0 e. The van der Waals surface area contributed by atoms with Gasteiger partial charge in [-0.25, -0.2) is 0 Å². The molecule has 9 nitrogen and oxygen atoms in total. The predicted octanol–water partition coefficient (Wildman–Crippen LogP) is -8.10. The number of hydrogen-bond acceptors (Lipinski definition) is 9. The van der Waals surface area contributed by atoms with Crippen molar-refractivity contribution in [3.63, 3.8) is 0 Å². The lowest BCUT2D eigenvalue weighted by molar-refractivity contribution is -0.417. The molecule has 78 valence electrons. The van der Waals surface area contributed by atoms with E-state index in [9.17, 15) is 0 Å². The second-order valence-electron chi connectivity index (χ2n) is 0.750. The lowest BCUT2D eigenvalue weighted by Gasteiger charge is -1.96. The third kappa shape index (κ3) is 838. The van der Waals surface area contributed by atoms with Gasteiger partial charge in [-0.05, 0) is 18.5 Å². The molecule has 0 atom stereocenters. The van der Waals surface area contributed by atoms with Crippen LogP contribution in [0.4, 0.5) is 14.4 Å². The van der Waals surface area contributed by atoms with Gasteiger partial charge in [-0.15, -0.1) is 0 Å². The average Bonchev–Trinajstić information content (AvgIpc) is 1.54. The van der Waals surface area contributed by atoms with Gasteiger partial charge in [-0.1, -0.05) is 0 Å². The van der Waals surface area contributed by atoms with Gasteiger partial charge in [0.15, 0.2) is 0 Å². The molecule has 0 unspecified atom stereocenters. The van der Waals surface area contributed by atoms with Crippen molar-refractivity contribution in [2.75, 3.05) is 0 Å². The van der Waals surface area contributed by atoms with Crippen molar-refractivity contribution in [1.29, 1.82) is 0 Å². The summed E-state index contributed by atoms with van der Waals surface area (Å²) in [7, 11) is 0. The first-order valence-corrected chi connectivity index (χ1v) is 1.84. The molecule has 0 aliphatic carbocycles. The summed E-state index contributed by atoms with van der Waals surface area (Å²) in [4.78, 5) is 25.0. The molecular weight excluding hydrogens is 234 g/mol. The smallest absolute Gasteiger partial charge is 0 e. The highest BCUT2D eigenvalue weighted by Crippen LogP contribution is 1.21. The summed E-state index contributed by atoms with van der Waals surface area (Å²) in [5, 5.41) is 50.0. The molecule has 0 aromatic rings. The molecule has 0 amide bonds. The molecule has 0 fully saturated rings. The Bertz CT molecular complexity index is 116. The van der Waals surface area contributed by atoms with Gasteiger partial charge in [-0.3, -0.25) is 0 Å². The highest BCUT2D eigenvalue weighted by Gasteiger charge is 1.27. The summed E-state index contributed by atoms with van der Waals surface area (Å²) in [6.45, 7) is 0. The summed E-state index contributed by atoms with van der Waals surface area (Å²) in [5.41, 5.74) is 0. The van der Waals surface area contributed by atoms with Gasteiger partial charge in [0.2, 0.25) is 0 Å². The normalized spacial score (nSPS) is 5.14. The van der Waals surface area contributed by atoms with Crippen molar-refractivity contribution in [1.82, 2.24) is 0 Å². The fourth-order valence-electron chi connectivity index (χ4n) is 0. The Labute approximate surface area is 98.5 Å². The summed E-state index contributed by atoms with van der Waals surface area (Å²) >= 11 is 0. The molecule has 0 saturated heterocycles. The molecule has 14 heavy (non-hydrogen) atoms. The summed E-state index contributed by atoms with van der Waals surface area (Å²) in [6.07, 6.45) is -7.00. The molecule has 0 aliphatic heterocycles. The molecule has 0 aromatic carbocycles. The van der Waals surface area contributed by atoms with Gasteiger partial charge < -0.3 is 45.0 Å². The number of carbonyl (C=O) groups is 3. The van der Waals surface area contributed by atoms with Crippen molar-refractivity contribution < 1.29 is 45.0 Å². The number of rotatable bonds is 0. The van der Waals surface area contributed by atoms with Crippen LogP contribution >= 0.6 is 0 Å². The molecule has 0 bridgehead atoms. The van der Waals surface area contributed by atoms with E-state index >= 15 is 0 Å². The van der Waals surface area contributed by atoms with E-state index in [1.165, 1.54) is 0 Å². The molecular formula is C3Al2O9-6. The van der Waals surface area contributed by atoms with Gasteiger partial charge in [0.25, 0.3) is 0 Å². The topological polar surface area (TPSA) is 190 Å². The van der Waals surface area contributed by atoms with Gasteiger partial charge in [0, 0.05) is 34.7 Å². The highest BCUT2D eigenvalue weighted by molar-refractivity contribution is 5.76. The Balaban J connectivity index is -0.0000000270. The lowest BCUT2D eigenvalue weighted by Crippen LogP contribution is -2.37. The van der Waals surface area contributed by atoms with Crippen molar-refractivity contribution in [3.8, 4) is 0 Å². The van der Waals surface area contributed by atoms with Crippen LogP contribution in [0.15, 0.2) is 0 Å². The Morgan fingerprint density at radius 1 is 0.500 bits per heavy atom. The maximum absolute atomic E-state index is 8.33. The SMILES string of the molecule is O=C([O-])[O-].O=C([O-])[O-].O=C([O-])[O-].[Al].[Al]. The van der Waals surface area contributed by atoms with Crippen LogP contribution in [0.25, 0.3) is 0 Å². The van der Waals surface area contributed by atoms with Crippen LogP contribution in [0.5, 0.6) is 0 Å². The van der Waals surface area contributed by atoms with Crippen LogP contribution < -0.4 is 30.6 Å². The van der Waals surface area contributed by atoms with Crippen LogP contribution in [-0.4, -0.2) is 53.2 Å². The van der Waals surface area contributed by atoms with E-state index in [1.807, 2.05) is 0 Å². The van der Waals surface area contributed by atoms with E-state index in [1.54, 1.807) is 0 Å². The van der Waals surface area contributed by atoms with Crippen LogP contribution in [0.3, 0.4) is 0 Å². The summed E-state index contributed by atoms with van der Waals surface area (Å²) in [5.74, 6) is 0. The number of hydrogen-bond donors (Lipinski definition) is 0. The predicted molar refractivity (Wildman–Crippen MR) is 27.7 cm³/mol. The number of carboxylic acid groups (broad SMARTS) is 6. The highest BCUT2D eigenvalue weighted by atomic mass is 27.0. The lowest BCUT2D eigenvalue weighted by atomic mass is 11.5. The van der Waals surface area contributed by atoms with Crippen LogP contribution in [0, 0.1) is 0 Å². The van der Waals surface area contributed by atoms with E-state index in [-0.39, 0.29) is 34.7 Å². The molecule has 11 heteroatoms. The van der Waals surface area contributed by atoms with Crippen LogP contribution in [0.2, 0.25) is 0 Å². The first-order chi connectivity index (χ1) is 5.20. The molecule has 0 rings (SSSR count). The minimum atomic E-state index is -2.33. The Morgan fingerprint density at radius 3 is 0.500 bits per heavy atom. The average molecular weight is 234 g/mol. The van der Waals surface area contributed by atoms with E-state index < -0.39 is 18.5 Å². The van der Waals surface area contributed by atoms with Crippen molar-refractivity contribution in [2.45, 2.75) is 0 Å². The second-order valence-corrected chi connectivity index (χ2v) is 0.750. The minimum absolute atomic E-state index is 0. The molecule has 0 aliphatic rings. The zero-order valence-electron chi connectivity index (χ0n) is 6.33. The van der Waals surface area contributed by atoms with Crippen molar-refractivity contribution >= 4 is 53.2 Å². The third-order valence-corrected chi connectivity index (χ3v) is 0. The molecule has 0 heterocycles. The number of carbonyl (C=O) groups excluding carboxylic acids is 3. The Hall–Kier alpha value is -1.13. The van der Waals surface area contributed by atoms with E-state index in [2.05, 4.69) is 0 Å². The van der Waals surface area contributed by atoms with Crippen LogP contribution in [-0.2, 0) is 0 Å². The Morgan fingerprint density at radius 2 is 0.500 bits per heavy atom. The quantitative estimate of drug-likeness (QED) is 0.366. The molecule has 0 spiro atoms. The van der Waals surface area contributed by atoms with Gasteiger partial charge >= 0.3 is 0 Å².